The highest BCUT2D eigenvalue weighted by atomic mass is 32.1. The first-order chi connectivity index (χ1) is 28.0. The summed E-state index contributed by atoms with van der Waals surface area (Å²) in [6, 6.07) is 15.8. The first kappa shape index (κ1) is 38.1. The van der Waals surface area contributed by atoms with E-state index in [1.807, 2.05) is 0 Å². The molecule has 7 aromatic heterocycles. The van der Waals surface area contributed by atoms with Crippen molar-refractivity contribution in [2.75, 3.05) is 0 Å². The van der Waals surface area contributed by atoms with Crippen LogP contribution in [0.15, 0.2) is 88.2 Å². The number of aromatic carboxylic acids is 2. The van der Waals surface area contributed by atoms with Gasteiger partial charge in [0.15, 0.2) is 23.3 Å². The molecule has 58 heavy (non-hydrogen) atoms. The fourth-order valence-electron chi connectivity index (χ4n) is 6.39. The highest BCUT2D eigenvalue weighted by Gasteiger charge is 2.35. The van der Waals surface area contributed by atoms with E-state index in [0.717, 1.165) is 45.3 Å². The van der Waals surface area contributed by atoms with Gasteiger partial charge in [0.25, 0.3) is 0 Å². The predicted molar refractivity (Wildman–Crippen MR) is 228 cm³/mol. The smallest absolute Gasteiger partial charge is 0.337 e. The number of nitrogens with two attached hydrogens (primary N) is 1. The molecule has 288 valence electrons. The number of carboxylic acid groups (broad SMARTS) is 2. The number of thiophene rings is 6. The van der Waals surface area contributed by atoms with E-state index >= 15 is 17.6 Å². The Labute approximate surface area is 351 Å². The number of hydrogen-bond acceptors (Lipinski definition) is 14. The number of rotatable bonds is 9. The maximum absolute atomic E-state index is 16.4. The molecule has 0 amide bonds. The maximum atomic E-state index is 16.4. The summed E-state index contributed by atoms with van der Waals surface area (Å²) in [7, 11) is 0. The Morgan fingerprint density at radius 2 is 1.10 bits per heavy atom. The van der Waals surface area contributed by atoms with Gasteiger partial charge in [-0.1, -0.05) is 12.1 Å². The molecule has 9 nitrogen and oxygen atoms in total. The molecule has 1 aliphatic carbocycles. The molecule has 0 unspecified atom stereocenters. The molecule has 0 spiro atoms. The lowest BCUT2D eigenvalue weighted by molar-refractivity contribution is 0.0687. The van der Waals surface area contributed by atoms with Crippen LogP contribution in [0.3, 0.4) is 0 Å². The molecule has 5 N–H and O–H groups in total. The van der Waals surface area contributed by atoms with Crippen LogP contribution in [-0.2, 0) is 0 Å². The van der Waals surface area contributed by atoms with E-state index in [4.69, 9.17) is 11.3 Å². The molecule has 8 aromatic rings. The van der Waals surface area contributed by atoms with E-state index in [-0.39, 0.29) is 75.4 Å². The second kappa shape index (κ2) is 14.7. The molecular formula is C38H17F4N5O4S7. The Hall–Kier alpha value is -5.48. The van der Waals surface area contributed by atoms with Gasteiger partial charge in [-0.2, -0.15) is 13.8 Å². The normalized spacial score (nSPS) is 14.1. The highest BCUT2D eigenvalue weighted by molar-refractivity contribution is 7.28. The summed E-state index contributed by atoms with van der Waals surface area (Å²) in [4.78, 5) is 28.6. The van der Waals surface area contributed by atoms with Crippen LogP contribution in [0.25, 0.3) is 72.3 Å². The molecule has 1 aromatic carbocycles. The lowest BCUT2D eigenvalue weighted by Gasteiger charge is -2.19. The van der Waals surface area contributed by atoms with Crippen LogP contribution in [0.4, 0.5) is 17.6 Å². The second-order valence-corrected chi connectivity index (χ2v) is 18.9. The standard InChI is InChI=1S/C38H17F4N5O4S7/c39-27-23(17-3-1-9-52-17)31(43)32(45-44)24(28(27)40)18-7-5-15(54-18)16-6-8-20(55-16)36-14(38(50)51)12-22(57-36)26-30(42)29(41)25(33-34(26)47-58-46-33)21-11-13(37(48)49)35(56-21)19-4-2-10-53-19/h1-12,43H,44H2,(H,48,49)(H,50,51)/b43-31?,45-32-. The molecule has 0 saturated heterocycles. The minimum absolute atomic E-state index is 0.00541. The van der Waals surface area contributed by atoms with E-state index in [9.17, 15) is 19.8 Å². The zero-order valence-corrected chi connectivity index (χ0v) is 34.1. The number of fused-ring (bicyclic) bond motifs is 1. The zero-order chi connectivity index (χ0) is 40.6. The van der Waals surface area contributed by atoms with Crippen LogP contribution in [-0.4, -0.2) is 42.3 Å². The van der Waals surface area contributed by atoms with Crippen molar-refractivity contribution >= 4 is 125 Å². The molecular weight excluding hydrogens is 891 g/mol. The van der Waals surface area contributed by atoms with Gasteiger partial charge in [0.2, 0.25) is 0 Å². The van der Waals surface area contributed by atoms with Crippen LogP contribution in [0, 0.1) is 17.0 Å². The Balaban J connectivity index is 1.09. The SMILES string of the molecule is N=C1C(c2cccs2)=C(F)C(F)=C(c2ccc(-c3ccc(-c4sc(-c5c(F)c(F)c(-c6cc(C(=O)O)c(-c7cccs7)s6)c6nsnc56)cc4C(=O)O)s3)s2)/C1=N/N. The number of benzene rings is 1. The van der Waals surface area contributed by atoms with Gasteiger partial charge in [-0.05, 0) is 59.3 Å². The summed E-state index contributed by atoms with van der Waals surface area (Å²) < 4.78 is 72.3. The molecule has 0 atom stereocenters. The third kappa shape index (κ3) is 6.10. The van der Waals surface area contributed by atoms with Gasteiger partial charge in [-0.25, -0.2) is 27.2 Å². The van der Waals surface area contributed by atoms with Crippen LogP contribution in [0.1, 0.15) is 30.5 Å². The van der Waals surface area contributed by atoms with Gasteiger partial charge >= 0.3 is 11.9 Å². The van der Waals surface area contributed by atoms with E-state index < -0.39 is 35.2 Å². The third-order valence-electron chi connectivity index (χ3n) is 8.93. The summed E-state index contributed by atoms with van der Waals surface area (Å²) in [6.45, 7) is 0. The van der Waals surface area contributed by atoms with E-state index in [1.54, 1.807) is 59.3 Å². The topological polar surface area (TPSA) is 163 Å². The average Bonchev–Trinajstić information content (AvgIpc) is 4.03. The first-order valence-corrected chi connectivity index (χ1v) is 22.1. The number of halogens is 4. The number of carbonyl (C=O) groups is 2. The molecule has 0 fully saturated rings. The minimum Gasteiger partial charge on any atom is -0.478 e. The van der Waals surface area contributed by atoms with Crippen molar-refractivity contribution < 1.29 is 37.4 Å². The van der Waals surface area contributed by atoms with Gasteiger partial charge in [0, 0.05) is 39.0 Å². The van der Waals surface area contributed by atoms with Crippen LogP contribution < -0.4 is 5.84 Å². The molecule has 20 heteroatoms. The van der Waals surface area contributed by atoms with Gasteiger partial charge in [-0.3, -0.25) is 5.41 Å². The minimum atomic E-state index is -1.32. The Morgan fingerprint density at radius 3 is 1.62 bits per heavy atom. The molecule has 0 aliphatic heterocycles. The fourth-order valence-corrected chi connectivity index (χ4v) is 13.2. The largest absolute Gasteiger partial charge is 0.478 e. The van der Waals surface area contributed by atoms with Crippen molar-refractivity contribution in [3.8, 4) is 50.1 Å². The fraction of sp³-hybridized carbons (Fsp3) is 0. The second-order valence-electron chi connectivity index (χ2n) is 12.2. The number of nitrogens with zero attached hydrogens (tertiary/aromatic N) is 3. The van der Waals surface area contributed by atoms with Crippen molar-refractivity contribution in [2.24, 2.45) is 10.9 Å². The van der Waals surface area contributed by atoms with Crippen molar-refractivity contribution in [3.05, 3.63) is 116 Å². The number of allylic oxidation sites excluding steroid dienone is 4. The lowest BCUT2D eigenvalue weighted by Crippen LogP contribution is -2.23. The summed E-state index contributed by atoms with van der Waals surface area (Å²) in [5, 5.41) is 35.9. The quantitative estimate of drug-likeness (QED) is 0.0485. The maximum Gasteiger partial charge on any atom is 0.337 e. The van der Waals surface area contributed by atoms with Crippen LogP contribution >= 0.6 is 79.7 Å². The number of nitrogens with one attached hydrogen (secondary N) is 1. The summed E-state index contributed by atoms with van der Waals surface area (Å²) >= 11 is 7.34. The van der Waals surface area contributed by atoms with E-state index in [1.165, 1.54) is 34.8 Å². The average molecular weight is 908 g/mol. The number of hydrogen-bond donors (Lipinski definition) is 4. The van der Waals surface area contributed by atoms with Gasteiger partial charge in [0.05, 0.1) is 60.6 Å². The molecule has 0 bridgehead atoms. The summed E-state index contributed by atoms with van der Waals surface area (Å²) in [5.41, 5.74) is -1.89. The number of carboxylic acids is 2. The van der Waals surface area contributed by atoms with Crippen molar-refractivity contribution in [3.63, 3.8) is 0 Å². The van der Waals surface area contributed by atoms with Crippen LogP contribution in [0.5, 0.6) is 0 Å². The summed E-state index contributed by atoms with van der Waals surface area (Å²) in [5.74, 6) is -1.92. The molecule has 7 heterocycles. The van der Waals surface area contributed by atoms with Gasteiger partial charge in [-0.15, -0.1) is 68.0 Å². The Bertz CT molecular complexity index is 3110. The molecule has 9 rings (SSSR count). The first-order valence-electron chi connectivity index (χ1n) is 16.3. The van der Waals surface area contributed by atoms with Crippen molar-refractivity contribution in [1.82, 2.24) is 8.75 Å². The van der Waals surface area contributed by atoms with E-state index in [2.05, 4.69) is 13.8 Å². The zero-order valence-electron chi connectivity index (χ0n) is 28.4. The third-order valence-corrected chi connectivity index (χ3v) is 16.3. The Kier molecular flexibility index (Phi) is 9.66. The van der Waals surface area contributed by atoms with Gasteiger partial charge < -0.3 is 16.1 Å². The molecule has 0 saturated carbocycles. The Morgan fingerprint density at radius 1 is 0.621 bits per heavy atom. The van der Waals surface area contributed by atoms with E-state index in [0.29, 0.717) is 41.0 Å². The van der Waals surface area contributed by atoms with Crippen molar-refractivity contribution in [1.29, 1.82) is 5.41 Å². The molecule has 0 radical (unpaired) electrons. The lowest BCUT2D eigenvalue weighted by atomic mass is 9.90. The van der Waals surface area contributed by atoms with Crippen molar-refractivity contribution in [2.45, 2.75) is 0 Å². The monoisotopic (exact) mass is 907 g/mol. The number of aromatic nitrogens is 2. The number of hydrazone groups is 1. The molecule has 1 aliphatic rings. The predicted octanol–water partition coefficient (Wildman–Crippen LogP) is 12.5. The van der Waals surface area contributed by atoms with Gasteiger partial charge in [0.1, 0.15) is 16.7 Å². The highest BCUT2D eigenvalue weighted by Crippen LogP contribution is 2.50. The summed E-state index contributed by atoms with van der Waals surface area (Å²) in [6.07, 6.45) is 0. The van der Waals surface area contributed by atoms with Crippen LogP contribution in [0.2, 0.25) is 0 Å².